The van der Waals surface area contributed by atoms with Crippen LogP contribution in [0.2, 0.25) is 0 Å². The Kier molecular flexibility index (Phi) is 3.50. The SMILES string of the molecule is Nc1nc2c(F)cccc2n1-c1ccccc1SC(F)F. The summed E-state index contributed by atoms with van der Waals surface area (Å²) in [6.45, 7) is 0. The molecule has 1 heterocycles. The van der Waals surface area contributed by atoms with Crippen LogP contribution in [-0.2, 0) is 0 Å². The molecule has 2 N–H and O–H groups in total. The summed E-state index contributed by atoms with van der Waals surface area (Å²) in [5.41, 5.74) is 6.85. The van der Waals surface area contributed by atoms with E-state index in [0.29, 0.717) is 27.9 Å². The summed E-state index contributed by atoms with van der Waals surface area (Å²) in [5, 5.41) is 0. The van der Waals surface area contributed by atoms with E-state index in [4.69, 9.17) is 5.73 Å². The number of benzene rings is 2. The van der Waals surface area contributed by atoms with Gasteiger partial charge < -0.3 is 5.73 Å². The molecule has 2 aromatic carbocycles. The molecule has 0 radical (unpaired) electrons. The zero-order chi connectivity index (χ0) is 15.0. The number of nitrogens with two attached hydrogens (primary N) is 1. The minimum atomic E-state index is -2.56. The van der Waals surface area contributed by atoms with Crippen LogP contribution in [-0.4, -0.2) is 15.3 Å². The Bertz CT molecular complexity index is 801. The molecule has 108 valence electrons. The van der Waals surface area contributed by atoms with Gasteiger partial charge in [-0.15, -0.1) is 0 Å². The molecule has 0 saturated heterocycles. The molecule has 3 aromatic rings. The lowest BCUT2D eigenvalue weighted by Crippen LogP contribution is -2.02. The fourth-order valence-electron chi connectivity index (χ4n) is 2.17. The highest BCUT2D eigenvalue weighted by atomic mass is 32.2. The maximum atomic E-state index is 13.7. The Labute approximate surface area is 122 Å². The molecule has 0 fully saturated rings. The number of nitrogens with zero attached hydrogens (tertiary/aromatic N) is 2. The summed E-state index contributed by atoms with van der Waals surface area (Å²) in [5.74, 6) is -3.01. The first kappa shape index (κ1) is 13.8. The monoisotopic (exact) mass is 309 g/mol. The molecule has 21 heavy (non-hydrogen) atoms. The van der Waals surface area contributed by atoms with E-state index in [0.717, 1.165) is 0 Å². The minimum Gasteiger partial charge on any atom is -0.369 e. The molecule has 0 aliphatic rings. The summed E-state index contributed by atoms with van der Waals surface area (Å²) in [7, 11) is 0. The van der Waals surface area contributed by atoms with Gasteiger partial charge in [0.15, 0.2) is 5.82 Å². The molecule has 1 aromatic heterocycles. The zero-order valence-corrected chi connectivity index (χ0v) is 11.4. The number of fused-ring (bicyclic) bond motifs is 1. The second kappa shape index (κ2) is 5.33. The van der Waals surface area contributed by atoms with E-state index >= 15 is 0 Å². The highest BCUT2D eigenvalue weighted by Gasteiger charge is 2.17. The van der Waals surface area contributed by atoms with Gasteiger partial charge in [0.05, 0.1) is 11.2 Å². The van der Waals surface area contributed by atoms with Gasteiger partial charge in [-0.3, -0.25) is 4.57 Å². The molecule has 0 bridgehead atoms. The van der Waals surface area contributed by atoms with Crippen LogP contribution in [0.1, 0.15) is 0 Å². The van der Waals surface area contributed by atoms with Crippen molar-refractivity contribution in [2.75, 3.05) is 5.73 Å². The second-order valence-electron chi connectivity index (χ2n) is 4.26. The summed E-state index contributed by atoms with van der Waals surface area (Å²) < 4.78 is 40.6. The number of hydrogen-bond acceptors (Lipinski definition) is 3. The van der Waals surface area contributed by atoms with Gasteiger partial charge in [-0.1, -0.05) is 30.0 Å². The fraction of sp³-hybridized carbons (Fsp3) is 0.0714. The maximum absolute atomic E-state index is 13.7. The Hall–Kier alpha value is -2.15. The van der Waals surface area contributed by atoms with Crippen molar-refractivity contribution >= 4 is 28.7 Å². The topological polar surface area (TPSA) is 43.8 Å². The standard InChI is InChI=1S/C14H10F3N3S/c15-8-4-3-6-10-12(8)19-14(18)20(10)9-5-1-2-7-11(9)21-13(16)17/h1-7,13H,(H2,18,19). The fourth-order valence-corrected chi connectivity index (χ4v) is 2.80. The van der Waals surface area contributed by atoms with Crippen molar-refractivity contribution in [2.24, 2.45) is 0 Å². The molecule has 0 amide bonds. The first-order chi connectivity index (χ1) is 10.1. The summed E-state index contributed by atoms with van der Waals surface area (Å²) in [4.78, 5) is 4.33. The van der Waals surface area contributed by atoms with Crippen molar-refractivity contribution < 1.29 is 13.2 Å². The third-order valence-corrected chi connectivity index (χ3v) is 3.76. The number of anilines is 1. The van der Waals surface area contributed by atoms with Gasteiger partial charge in [0.25, 0.3) is 5.76 Å². The minimum absolute atomic E-state index is 0.0532. The van der Waals surface area contributed by atoms with Crippen LogP contribution in [0, 0.1) is 5.82 Å². The van der Waals surface area contributed by atoms with Crippen LogP contribution in [0.3, 0.4) is 0 Å². The average Bonchev–Trinajstić information content (AvgIpc) is 2.77. The Morgan fingerprint density at radius 2 is 1.86 bits per heavy atom. The highest BCUT2D eigenvalue weighted by molar-refractivity contribution is 7.99. The van der Waals surface area contributed by atoms with Crippen molar-refractivity contribution in [1.82, 2.24) is 9.55 Å². The lowest BCUT2D eigenvalue weighted by atomic mass is 10.2. The van der Waals surface area contributed by atoms with Crippen molar-refractivity contribution in [3.8, 4) is 5.69 Å². The number of aromatic nitrogens is 2. The van der Waals surface area contributed by atoms with Gasteiger partial charge >= 0.3 is 0 Å². The van der Waals surface area contributed by atoms with Crippen LogP contribution >= 0.6 is 11.8 Å². The van der Waals surface area contributed by atoms with Crippen LogP contribution in [0.25, 0.3) is 16.7 Å². The first-order valence-corrected chi connectivity index (χ1v) is 6.92. The van der Waals surface area contributed by atoms with E-state index in [2.05, 4.69) is 4.98 Å². The molecule has 0 aliphatic carbocycles. The largest absolute Gasteiger partial charge is 0.369 e. The van der Waals surface area contributed by atoms with Gasteiger partial charge in [-0.25, -0.2) is 9.37 Å². The van der Waals surface area contributed by atoms with E-state index in [-0.39, 0.29) is 11.5 Å². The quantitative estimate of drug-likeness (QED) is 0.742. The Balaban J connectivity index is 2.26. The molecule has 0 saturated carbocycles. The summed E-state index contributed by atoms with van der Waals surface area (Å²) >= 11 is 0.413. The smallest absolute Gasteiger partial charge is 0.288 e. The third kappa shape index (κ3) is 2.44. The number of imidazole rings is 1. The van der Waals surface area contributed by atoms with E-state index in [1.165, 1.54) is 16.7 Å². The predicted molar refractivity (Wildman–Crippen MR) is 77.3 cm³/mol. The van der Waals surface area contributed by atoms with Gasteiger partial charge in [0.2, 0.25) is 5.95 Å². The van der Waals surface area contributed by atoms with Crippen LogP contribution in [0.4, 0.5) is 19.1 Å². The molecule has 3 rings (SSSR count). The van der Waals surface area contributed by atoms with Gasteiger partial charge in [0.1, 0.15) is 5.52 Å². The number of rotatable bonds is 3. The van der Waals surface area contributed by atoms with Gasteiger partial charge in [0, 0.05) is 4.90 Å². The van der Waals surface area contributed by atoms with Gasteiger partial charge in [-0.2, -0.15) is 8.78 Å². The van der Waals surface area contributed by atoms with Crippen LogP contribution in [0.5, 0.6) is 0 Å². The predicted octanol–water partition coefficient (Wildman–Crippen LogP) is 4.06. The molecule has 0 spiro atoms. The molecule has 7 heteroatoms. The number of halogens is 3. The Morgan fingerprint density at radius 1 is 1.10 bits per heavy atom. The lowest BCUT2D eigenvalue weighted by molar-refractivity contribution is 0.252. The Morgan fingerprint density at radius 3 is 2.62 bits per heavy atom. The van der Waals surface area contributed by atoms with Crippen molar-refractivity contribution in [3.05, 3.63) is 48.3 Å². The normalized spacial score (nSPS) is 11.4. The summed E-state index contributed by atoms with van der Waals surface area (Å²) in [6, 6.07) is 11.0. The van der Waals surface area contributed by atoms with Crippen LogP contribution in [0.15, 0.2) is 47.4 Å². The van der Waals surface area contributed by atoms with E-state index < -0.39 is 11.6 Å². The number of thioether (sulfide) groups is 1. The highest BCUT2D eigenvalue weighted by Crippen LogP contribution is 2.34. The average molecular weight is 309 g/mol. The van der Waals surface area contributed by atoms with Crippen molar-refractivity contribution in [2.45, 2.75) is 10.7 Å². The zero-order valence-electron chi connectivity index (χ0n) is 10.6. The molecule has 0 aliphatic heterocycles. The lowest BCUT2D eigenvalue weighted by Gasteiger charge is -2.11. The van der Waals surface area contributed by atoms with E-state index in [1.807, 2.05) is 0 Å². The summed E-state index contributed by atoms with van der Waals surface area (Å²) in [6.07, 6.45) is 0. The first-order valence-electron chi connectivity index (χ1n) is 6.04. The maximum Gasteiger partial charge on any atom is 0.288 e. The van der Waals surface area contributed by atoms with Crippen molar-refractivity contribution in [3.63, 3.8) is 0 Å². The molecule has 0 unspecified atom stereocenters. The molecular weight excluding hydrogens is 299 g/mol. The number of nitrogen functional groups attached to an aromatic ring is 1. The third-order valence-electron chi connectivity index (χ3n) is 2.98. The van der Waals surface area contributed by atoms with E-state index in [1.54, 1.807) is 30.3 Å². The number of hydrogen-bond donors (Lipinski definition) is 1. The second-order valence-corrected chi connectivity index (χ2v) is 5.29. The molecule has 0 atom stereocenters. The molecular formula is C14H10F3N3S. The van der Waals surface area contributed by atoms with Crippen molar-refractivity contribution in [1.29, 1.82) is 0 Å². The van der Waals surface area contributed by atoms with Gasteiger partial charge in [-0.05, 0) is 24.3 Å². The van der Waals surface area contributed by atoms with Crippen LogP contribution < -0.4 is 5.73 Å². The van der Waals surface area contributed by atoms with E-state index in [9.17, 15) is 13.2 Å². The number of alkyl halides is 2. The molecule has 3 nitrogen and oxygen atoms in total. The number of para-hydroxylation sites is 2.